The lowest BCUT2D eigenvalue weighted by Gasteiger charge is -2.14. The number of nitrogen functional groups attached to an aromatic ring is 1. The number of aromatic carboxylic acids is 1. The van der Waals surface area contributed by atoms with E-state index < -0.39 is 5.97 Å². The van der Waals surface area contributed by atoms with Crippen molar-refractivity contribution in [3.8, 4) is 0 Å². The third kappa shape index (κ3) is 3.34. The number of carboxylic acid groups (broad SMARTS) is 1. The van der Waals surface area contributed by atoms with Crippen LogP contribution in [0.1, 0.15) is 17.3 Å². The van der Waals surface area contributed by atoms with Gasteiger partial charge in [-0.05, 0) is 31.4 Å². The van der Waals surface area contributed by atoms with Crippen molar-refractivity contribution in [2.45, 2.75) is 13.0 Å². The molecule has 5 heteroatoms. The number of rotatable bonds is 5. The zero-order chi connectivity index (χ0) is 12.1. The lowest BCUT2D eigenvalue weighted by molar-refractivity contribution is 0.0698. The maximum atomic E-state index is 10.9. The van der Waals surface area contributed by atoms with Crippen LogP contribution in [-0.2, 0) is 0 Å². The largest absolute Gasteiger partial charge is 0.478 e. The Kier molecular flexibility index (Phi) is 4.49. The van der Waals surface area contributed by atoms with Crippen molar-refractivity contribution >= 4 is 29.1 Å². The number of hydrogen-bond donors (Lipinski definition) is 3. The molecule has 0 saturated carbocycles. The molecule has 0 aliphatic heterocycles. The second-order valence-corrected chi connectivity index (χ2v) is 4.52. The van der Waals surface area contributed by atoms with Crippen LogP contribution < -0.4 is 11.1 Å². The SMILES string of the molecule is CSCC(C)Nc1ccc(N)c(C(=O)O)c1. The van der Waals surface area contributed by atoms with Gasteiger partial charge in [0.1, 0.15) is 0 Å². The normalized spacial score (nSPS) is 12.1. The van der Waals surface area contributed by atoms with Crippen LogP contribution in [0, 0.1) is 0 Å². The Morgan fingerprint density at radius 3 is 2.88 bits per heavy atom. The van der Waals surface area contributed by atoms with E-state index in [-0.39, 0.29) is 11.3 Å². The van der Waals surface area contributed by atoms with Crippen LogP contribution in [-0.4, -0.2) is 29.1 Å². The molecule has 88 valence electrons. The number of nitrogens with two attached hydrogens (primary N) is 1. The van der Waals surface area contributed by atoms with Crippen LogP contribution in [0.5, 0.6) is 0 Å². The van der Waals surface area contributed by atoms with E-state index in [2.05, 4.69) is 5.32 Å². The van der Waals surface area contributed by atoms with Gasteiger partial charge in [-0.2, -0.15) is 11.8 Å². The predicted molar refractivity (Wildman–Crippen MR) is 69.3 cm³/mol. The molecule has 16 heavy (non-hydrogen) atoms. The molecular weight excluding hydrogens is 224 g/mol. The summed E-state index contributed by atoms with van der Waals surface area (Å²) >= 11 is 1.74. The molecule has 0 aliphatic rings. The molecule has 1 atom stereocenters. The van der Waals surface area contributed by atoms with E-state index in [1.807, 2.05) is 13.2 Å². The molecule has 0 aromatic heterocycles. The van der Waals surface area contributed by atoms with Gasteiger partial charge in [0.15, 0.2) is 0 Å². The third-order valence-electron chi connectivity index (χ3n) is 2.11. The molecule has 0 heterocycles. The Bertz CT molecular complexity index is 382. The standard InChI is InChI=1S/C11H16N2O2S/c1-7(6-16-2)13-8-3-4-10(12)9(5-8)11(14)15/h3-5,7,13H,6,12H2,1-2H3,(H,14,15). The molecule has 4 N–H and O–H groups in total. The first kappa shape index (κ1) is 12.7. The van der Waals surface area contributed by atoms with Crippen LogP contribution in [0.3, 0.4) is 0 Å². The number of carbonyl (C=O) groups is 1. The van der Waals surface area contributed by atoms with E-state index in [4.69, 9.17) is 10.8 Å². The monoisotopic (exact) mass is 240 g/mol. The fourth-order valence-corrected chi connectivity index (χ4v) is 1.99. The predicted octanol–water partition coefficient (Wildman–Crippen LogP) is 2.13. The van der Waals surface area contributed by atoms with Crippen molar-refractivity contribution in [2.75, 3.05) is 23.1 Å². The number of thioether (sulfide) groups is 1. The van der Waals surface area contributed by atoms with Gasteiger partial charge in [-0.25, -0.2) is 4.79 Å². The van der Waals surface area contributed by atoms with Crippen molar-refractivity contribution < 1.29 is 9.90 Å². The summed E-state index contributed by atoms with van der Waals surface area (Å²) in [4.78, 5) is 10.9. The van der Waals surface area contributed by atoms with Crippen molar-refractivity contribution in [1.82, 2.24) is 0 Å². The first-order chi connectivity index (χ1) is 7.54. The fraction of sp³-hybridized carbons (Fsp3) is 0.364. The number of anilines is 2. The summed E-state index contributed by atoms with van der Waals surface area (Å²) in [5.74, 6) is -0.0362. The summed E-state index contributed by atoms with van der Waals surface area (Å²) in [7, 11) is 0. The lowest BCUT2D eigenvalue weighted by Crippen LogP contribution is -2.18. The van der Waals surface area contributed by atoms with Crippen LogP contribution in [0.4, 0.5) is 11.4 Å². The fourth-order valence-electron chi connectivity index (χ4n) is 1.41. The lowest BCUT2D eigenvalue weighted by atomic mass is 10.1. The highest BCUT2D eigenvalue weighted by Gasteiger charge is 2.09. The van der Waals surface area contributed by atoms with Crippen LogP contribution in [0.15, 0.2) is 18.2 Å². The van der Waals surface area contributed by atoms with Gasteiger partial charge in [0, 0.05) is 23.2 Å². The Morgan fingerprint density at radius 1 is 1.62 bits per heavy atom. The maximum absolute atomic E-state index is 10.9. The molecular formula is C11H16N2O2S. The number of benzene rings is 1. The summed E-state index contributed by atoms with van der Waals surface area (Å²) in [6, 6.07) is 5.25. The highest BCUT2D eigenvalue weighted by atomic mass is 32.2. The van der Waals surface area contributed by atoms with E-state index >= 15 is 0 Å². The van der Waals surface area contributed by atoms with Gasteiger partial charge in [0.05, 0.1) is 5.56 Å². The van der Waals surface area contributed by atoms with Crippen molar-refractivity contribution in [3.63, 3.8) is 0 Å². The second kappa shape index (κ2) is 5.65. The molecule has 0 aliphatic carbocycles. The van der Waals surface area contributed by atoms with Gasteiger partial charge in [0.25, 0.3) is 0 Å². The molecule has 0 fully saturated rings. The van der Waals surface area contributed by atoms with Crippen LogP contribution in [0.25, 0.3) is 0 Å². The van der Waals surface area contributed by atoms with Gasteiger partial charge < -0.3 is 16.2 Å². The number of hydrogen-bond acceptors (Lipinski definition) is 4. The number of carboxylic acids is 1. The molecule has 0 bridgehead atoms. The average Bonchev–Trinajstić information content (AvgIpc) is 2.21. The van der Waals surface area contributed by atoms with Crippen molar-refractivity contribution in [3.05, 3.63) is 23.8 Å². The maximum Gasteiger partial charge on any atom is 0.337 e. The molecule has 0 amide bonds. The van der Waals surface area contributed by atoms with Crippen LogP contribution in [0.2, 0.25) is 0 Å². The first-order valence-electron chi connectivity index (χ1n) is 4.93. The minimum Gasteiger partial charge on any atom is -0.478 e. The average molecular weight is 240 g/mol. The summed E-state index contributed by atoms with van der Waals surface area (Å²) in [6.45, 7) is 2.05. The Balaban J connectivity index is 2.82. The summed E-state index contributed by atoms with van der Waals surface area (Å²) in [5, 5.41) is 12.1. The Labute approximate surface area is 99.2 Å². The van der Waals surface area contributed by atoms with Crippen molar-refractivity contribution in [1.29, 1.82) is 0 Å². The third-order valence-corrected chi connectivity index (χ3v) is 2.95. The summed E-state index contributed by atoms with van der Waals surface area (Å²) in [5.41, 5.74) is 6.78. The summed E-state index contributed by atoms with van der Waals surface area (Å²) < 4.78 is 0. The van der Waals surface area contributed by atoms with Gasteiger partial charge in [0.2, 0.25) is 0 Å². The van der Waals surface area contributed by atoms with Gasteiger partial charge in [-0.3, -0.25) is 0 Å². The Hall–Kier alpha value is -1.36. The molecule has 0 saturated heterocycles. The van der Waals surface area contributed by atoms with E-state index in [0.717, 1.165) is 11.4 Å². The molecule has 4 nitrogen and oxygen atoms in total. The van der Waals surface area contributed by atoms with Crippen LogP contribution >= 0.6 is 11.8 Å². The summed E-state index contributed by atoms with van der Waals surface area (Å²) in [6.07, 6.45) is 2.03. The molecule has 1 aromatic rings. The molecule has 1 aromatic carbocycles. The Morgan fingerprint density at radius 2 is 2.31 bits per heavy atom. The van der Waals surface area contributed by atoms with E-state index in [9.17, 15) is 4.79 Å². The minimum atomic E-state index is -1.00. The molecule has 1 rings (SSSR count). The van der Waals surface area contributed by atoms with Gasteiger partial charge in [-0.15, -0.1) is 0 Å². The topological polar surface area (TPSA) is 75.3 Å². The molecule has 0 radical (unpaired) electrons. The highest BCUT2D eigenvalue weighted by molar-refractivity contribution is 7.98. The number of nitrogens with one attached hydrogen (secondary N) is 1. The minimum absolute atomic E-state index is 0.140. The van der Waals surface area contributed by atoms with Crippen molar-refractivity contribution in [2.24, 2.45) is 0 Å². The zero-order valence-electron chi connectivity index (χ0n) is 9.36. The van der Waals surface area contributed by atoms with Gasteiger partial charge >= 0.3 is 5.97 Å². The van der Waals surface area contributed by atoms with E-state index in [0.29, 0.717) is 6.04 Å². The quantitative estimate of drug-likeness (QED) is 0.687. The van der Waals surface area contributed by atoms with Gasteiger partial charge in [-0.1, -0.05) is 0 Å². The highest BCUT2D eigenvalue weighted by Crippen LogP contribution is 2.18. The molecule has 0 spiro atoms. The smallest absolute Gasteiger partial charge is 0.337 e. The van der Waals surface area contributed by atoms with E-state index in [1.165, 1.54) is 0 Å². The van der Waals surface area contributed by atoms with E-state index in [1.54, 1.807) is 30.0 Å². The second-order valence-electron chi connectivity index (χ2n) is 3.61. The zero-order valence-corrected chi connectivity index (χ0v) is 10.2. The first-order valence-corrected chi connectivity index (χ1v) is 6.32. The molecule has 1 unspecified atom stereocenters.